The minimum absolute atomic E-state index is 0.0171. The molecule has 1 aromatic rings. The Kier molecular flexibility index (Phi) is 4.84. The average molecular weight is 244 g/mol. The molecule has 1 amide bonds. The van der Waals surface area contributed by atoms with Crippen molar-refractivity contribution >= 4 is 5.91 Å². The van der Waals surface area contributed by atoms with E-state index in [4.69, 9.17) is 5.73 Å². The van der Waals surface area contributed by atoms with Crippen LogP contribution in [0.5, 0.6) is 5.75 Å². The van der Waals surface area contributed by atoms with E-state index >= 15 is 0 Å². The Bertz CT molecular complexity index is 368. The first kappa shape index (κ1) is 13.4. The molecule has 3 N–H and O–H groups in total. The Morgan fingerprint density at radius 2 is 2.00 bits per heavy atom. The van der Waals surface area contributed by atoms with E-state index in [0.29, 0.717) is 12.1 Å². The molecule has 0 saturated heterocycles. The first-order chi connectivity index (χ1) is 8.02. The topological polar surface area (TPSA) is 64.3 Å². The third-order valence-electron chi connectivity index (χ3n) is 2.07. The summed E-state index contributed by atoms with van der Waals surface area (Å²) in [4.78, 5) is 11.6. The third kappa shape index (κ3) is 4.36. The van der Waals surface area contributed by atoms with Crippen LogP contribution in [0.15, 0.2) is 24.3 Å². The molecule has 1 aromatic carbocycles. The van der Waals surface area contributed by atoms with Gasteiger partial charge in [-0.25, -0.2) is 0 Å². The van der Waals surface area contributed by atoms with Crippen LogP contribution >= 0.6 is 0 Å². The van der Waals surface area contributed by atoms with E-state index in [-0.39, 0.29) is 17.7 Å². The molecule has 94 valence electrons. The van der Waals surface area contributed by atoms with Gasteiger partial charge in [0.05, 0.1) is 0 Å². The molecule has 0 spiro atoms. The fraction of sp³-hybridized carbons (Fsp3) is 0.364. The van der Waals surface area contributed by atoms with Crippen molar-refractivity contribution in [2.45, 2.75) is 19.6 Å². The van der Waals surface area contributed by atoms with E-state index in [9.17, 15) is 13.6 Å². The highest BCUT2D eigenvalue weighted by Crippen LogP contribution is 2.14. The summed E-state index contributed by atoms with van der Waals surface area (Å²) in [5.74, 6) is -0.282. The summed E-state index contributed by atoms with van der Waals surface area (Å²) in [6.07, 6.45) is 0. The minimum Gasteiger partial charge on any atom is -0.435 e. The summed E-state index contributed by atoms with van der Waals surface area (Å²) >= 11 is 0. The zero-order valence-corrected chi connectivity index (χ0v) is 9.32. The summed E-state index contributed by atoms with van der Waals surface area (Å²) in [5.41, 5.74) is 5.73. The van der Waals surface area contributed by atoms with E-state index in [1.54, 1.807) is 6.92 Å². The van der Waals surface area contributed by atoms with Crippen molar-refractivity contribution < 1.29 is 18.3 Å². The zero-order chi connectivity index (χ0) is 12.8. The van der Waals surface area contributed by atoms with Gasteiger partial charge in [-0.05, 0) is 31.2 Å². The molecule has 0 radical (unpaired) electrons. The van der Waals surface area contributed by atoms with Crippen molar-refractivity contribution in [1.82, 2.24) is 5.32 Å². The van der Waals surface area contributed by atoms with Crippen molar-refractivity contribution in [2.24, 2.45) is 5.73 Å². The van der Waals surface area contributed by atoms with Crippen molar-refractivity contribution in [3.8, 4) is 5.75 Å². The number of carbonyl (C=O) groups excluding carboxylic acids is 1. The van der Waals surface area contributed by atoms with Gasteiger partial charge < -0.3 is 15.8 Å². The highest BCUT2D eigenvalue weighted by Gasteiger charge is 2.09. The van der Waals surface area contributed by atoms with Crippen LogP contribution < -0.4 is 15.8 Å². The lowest BCUT2D eigenvalue weighted by Crippen LogP contribution is -2.37. The first-order valence-electron chi connectivity index (χ1n) is 5.08. The number of ether oxygens (including phenoxy) is 1. The van der Waals surface area contributed by atoms with Gasteiger partial charge in [-0.1, -0.05) is 0 Å². The molecular weight excluding hydrogens is 230 g/mol. The van der Waals surface area contributed by atoms with Crippen molar-refractivity contribution in [2.75, 3.05) is 6.54 Å². The van der Waals surface area contributed by atoms with Crippen LogP contribution in [-0.2, 0) is 0 Å². The van der Waals surface area contributed by atoms with E-state index in [2.05, 4.69) is 10.1 Å². The molecule has 1 unspecified atom stereocenters. The summed E-state index contributed by atoms with van der Waals surface area (Å²) in [7, 11) is 0. The van der Waals surface area contributed by atoms with Crippen LogP contribution in [0.1, 0.15) is 17.3 Å². The van der Waals surface area contributed by atoms with E-state index in [1.165, 1.54) is 24.3 Å². The molecule has 17 heavy (non-hydrogen) atoms. The molecule has 0 saturated carbocycles. The molecule has 0 fully saturated rings. The lowest BCUT2D eigenvalue weighted by Gasteiger charge is -2.11. The van der Waals surface area contributed by atoms with Crippen LogP contribution in [0.3, 0.4) is 0 Å². The van der Waals surface area contributed by atoms with Gasteiger partial charge in [-0.2, -0.15) is 8.78 Å². The molecule has 1 atom stereocenters. The normalized spacial score (nSPS) is 12.3. The highest BCUT2D eigenvalue weighted by molar-refractivity contribution is 5.94. The Hall–Kier alpha value is -1.69. The van der Waals surface area contributed by atoms with Gasteiger partial charge in [0.15, 0.2) is 0 Å². The van der Waals surface area contributed by atoms with Gasteiger partial charge in [0.1, 0.15) is 5.75 Å². The molecular formula is C11H14F2N2O2. The number of rotatable bonds is 5. The molecule has 0 aliphatic heterocycles. The van der Waals surface area contributed by atoms with Gasteiger partial charge in [-0.3, -0.25) is 4.79 Å². The van der Waals surface area contributed by atoms with E-state index in [1.807, 2.05) is 0 Å². The fourth-order valence-electron chi connectivity index (χ4n) is 1.15. The largest absolute Gasteiger partial charge is 0.435 e. The first-order valence-corrected chi connectivity index (χ1v) is 5.08. The Labute approximate surface area is 97.8 Å². The summed E-state index contributed by atoms with van der Waals surface area (Å²) in [6.45, 7) is -0.767. The van der Waals surface area contributed by atoms with Gasteiger partial charge >= 0.3 is 6.61 Å². The number of hydrogen-bond acceptors (Lipinski definition) is 3. The number of alkyl halides is 2. The smallest absolute Gasteiger partial charge is 0.387 e. The van der Waals surface area contributed by atoms with Crippen LogP contribution in [0.2, 0.25) is 0 Å². The quantitative estimate of drug-likeness (QED) is 0.822. The molecule has 1 rings (SSSR count). The number of carbonyl (C=O) groups is 1. The lowest BCUT2D eigenvalue weighted by atomic mass is 10.2. The number of amides is 1. The number of benzene rings is 1. The second-order valence-corrected chi connectivity index (χ2v) is 3.51. The molecule has 0 aliphatic carbocycles. The molecule has 0 aromatic heterocycles. The molecule has 0 heterocycles. The van der Waals surface area contributed by atoms with Crippen LogP contribution in [0, 0.1) is 0 Å². The maximum atomic E-state index is 11.9. The molecule has 0 aliphatic rings. The van der Waals surface area contributed by atoms with Gasteiger partial charge in [0.2, 0.25) is 0 Å². The van der Waals surface area contributed by atoms with Crippen molar-refractivity contribution in [1.29, 1.82) is 0 Å². The molecule has 4 nitrogen and oxygen atoms in total. The van der Waals surface area contributed by atoms with Crippen LogP contribution in [0.4, 0.5) is 8.78 Å². The maximum absolute atomic E-state index is 11.9. The van der Waals surface area contributed by atoms with Crippen molar-refractivity contribution in [3.05, 3.63) is 29.8 Å². The molecule has 0 bridgehead atoms. The Balaban J connectivity index is 2.64. The Morgan fingerprint density at radius 3 is 2.47 bits per heavy atom. The second kappa shape index (κ2) is 6.15. The van der Waals surface area contributed by atoms with Gasteiger partial charge in [-0.15, -0.1) is 0 Å². The van der Waals surface area contributed by atoms with E-state index in [0.717, 1.165) is 0 Å². The SMILES string of the molecule is CC(CN)NC(=O)c1ccc(OC(F)F)cc1. The van der Waals surface area contributed by atoms with Crippen molar-refractivity contribution in [3.63, 3.8) is 0 Å². The predicted octanol–water partition coefficient (Wildman–Crippen LogP) is 1.36. The standard InChI is InChI=1S/C11H14F2N2O2/c1-7(6-14)15-10(16)8-2-4-9(5-3-8)17-11(12)13/h2-5,7,11H,6,14H2,1H3,(H,15,16). The second-order valence-electron chi connectivity index (χ2n) is 3.51. The number of halogens is 2. The average Bonchev–Trinajstić information content (AvgIpc) is 2.28. The maximum Gasteiger partial charge on any atom is 0.387 e. The minimum atomic E-state index is -2.87. The molecule has 6 heteroatoms. The van der Waals surface area contributed by atoms with E-state index < -0.39 is 6.61 Å². The Morgan fingerprint density at radius 1 is 1.41 bits per heavy atom. The lowest BCUT2D eigenvalue weighted by molar-refractivity contribution is -0.0498. The number of hydrogen-bond donors (Lipinski definition) is 2. The summed E-state index contributed by atoms with van der Waals surface area (Å²) in [5, 5.41) is 2.65. The fourth-order valence-corrected chi connectivity index (χ4v) is 1.15. The number of nitrogens with one attached hydrogen (secondary N) is 1. The number of nitrogens with two attached hydrogens (primary N) is 1. The monoisotopic (exact) mass is 244 g/mol. The predicted molar refractivity (Wildman–Crippen MR) is 59.1 cm³/mol. The van der Waals surface area contributed by atoms with Crippen LogP contribution in [0.25, 0.3) is 0 Å². The summed E-state index contributed by atoms with van der Waals surface area (Å²) < 4.78 is 27.9. The van der Waals surface area contributed by atoms with Gasteiger partial charge in [0, 0.05) is 18.2 Å². The zero-order valence-electron chi connectivity index (χ0n) is 9.32. The van der Waals surface area contributed by atoms with Gasteiger partial charge in [0.25, 0.3) is 5.91 Å². The summed E-state index contributed by atoms with van der Waals surface area (Å²) in [6, 6.07) is 5.31. The third-order valence-corrected chi connectivity index (χ3v) is 2.07. The highest BCUT2D eigenvalue weighted by atomic mass is 19.3. The van der Waals surface area contributed by atoms with Crippen LogP contribution in [-0.4, -0.2) is 25.1 Å².